The van der Waals surface area contributed by atoms with Gasteiger partial charge >= 0.3 is 0 Å². The van der Waals surface area contributed by atoms with Gasteiger partial charge in [0.15, 0.2) is 0 Å². The molecule has 0 spiro atoms. The van der Waals surface area contributed by atoms with Gasteiger partial charge in [-0.05, 0) is 44.0 Å². The molecule has 0 amide bonds. The summed E-state index contributed by atoms with van der Waals surface area (Å²) in [7, 11) is 0. The fourth-order valence-electron chi connectivity index (χ4n) is 3.49. The number of aromatic nitrogens is 1. The summed E-state index contributed by atoms with van der Waals surface area (Å²) in [5, 5.41) is 1.23. The zero-order valence-corrected chi connectivity index (χ0v) is 15.1. The lowest BCUT2D eigenvalue weighted by atomic mass is 10.1. The zero-order chi connectivity index (χ0) is 17.4. The number of hydrogen-bond donors (Lipinski definition) is 0. The first-order valence-corrected chi connectivity index (χ1v) is 8.95. The van der Waals surface area contributed by atoms with E-state index in [-0.39, 0.29) is 5.54 Å². The van der Waals surface area contributed by atoms with Crippen molar-refractivity contribution in [1.82, 2.24) is 4.57 Å². The quantitative estimate of drug-likeness (QED) is 0.673. The Hall–Kier alpha value is -2.55. The van der Waals surface area contributed by atoms with Crippen molar-refractivity contribution in [2.45, 2.75) is 39.3 Å². The largest absolute Gasteiger partial charge is 0.475 e. The van der Waals surface area contributed by atoms with Gasteiger partial charge in [-0.25, -0.2) is 4.99 Å². The molecule has 0 atom stereocenters. The van der Waals surface area contributed by atoms with Gasteiger partial charge in [0, 0.05) is 28.7 Å². The second kappa shape index (κ2) is 6.07. The first-order chi connectivity index (χ1) is 12.1. The second-order valence-corrected chi connectivity index (χ2v) is 7.32. The van der Waals surface area contributed by atoms with Crippen LogP contribution in [0.5, 0.6) is 0 Å². The molecule has 3 heteroatoms. The van der Waals surface area contributed by atoms with Gasteiger partial charge in [-0.1, -0.05) is 43.3 Å². The third-order valence-electron chi connectivity index (χ3n) is 4.77. The van der Waals surface area contributed by atoms with Crippen LogP contribution < -0.4 is 0 Å². The van der Waals surface area contributed by atoms with E-state index in [2.05, 4.69) is 79.9 Å². The molecule has 0 unspecified atom stereocenters. The van der Waals surface area contributed by atoms with Gasteiger partial charge in [0.1, 0.15) is 6.61 Å². The van der Waals surface area contributed by atoms with Gasteiger partial charge in [-0.2, -0.15) is 0 Å². The van der Waals surface area contributed by atoms with Crippen molar-refractivity contribution in [3.05, 3.63) is 71.4 Å². The molecule has 4 rings (SSSR count). The number of aryl methyl sites for hydroxylation is 1. The van der Waals surface area contributed by atoms with Crippen LogP contribution in [-0.4, -0.2) is 22.6 Å². The van der Waals surface area contributed by atoms with Crippen molar-refractivity contribution in [3.8, 4) is 0 Å². The highest BCUT2D eigenvalue weighted by atomic mass is 16.5. The fourth-order valence-corrected chi connectivity index (χ4v) is 3.49. The van der Waals surface area contributed by atoms with Gasteiger partial charge < -0.3 is 9.30 Å². The van der Waals surface area contributed by atoms with Crippen LogP contribution in [0.15, 0.2) is 59.6 Å². The summed E-state index contributed by atoms with van der Waals surface area (Å²) in [4.78, 5) is 4.77. The first kappa shape index (κ1) is 15.9. The van der Waals surface area contributed by atoms with E-state index in [9.17, 15) is 0 Å². The Labute approximate surface area is 149 Å². The molecule has 1 aliphatic heterocycles. The van der Waals surface area contributed by atoms with Crippen molar-refractivity contribution >= 4 is 16.8 Å². The summed E-state index contributed by atoms with van der Waals surface area (Å²) >= 11 is 0. The van der Waals surface area contributed by atoms with Crippen molar-refractivity contribution in [2.24, 2.45) is 4.99 Å². The maximum absolute atomic E-state index is 5.90. The molecule has 25 heavy (non-hydrogen) atoms. The maximum atomic E-state index is 5.90. The van der Waals surface area contributed by atoms with Crippen LogP contribution in [-0.2, 0) is 17.7 Å². The highest BCUT2D eigenvalue weighted by molar-refractivity contribution is 6.07. The normalized spacial score (nSPS) is 16.0. The van der Waals surface area contributed by atoms with E-state index in [0.29, 0.717) is 6.61 Å². The Kier molecular flexibility index (Phi) is 3.87. The number of rotatable bonds is 4. The Balaban J connectivity index is 1.84. The van der Waals surface area contributed by atoms with Crippen molar-refractivity contribution in [2.75, 3.05) is 6.61 Å². The Morgan fingerprint density at radius 2 is 1.88 bits per heavy atom. The highest BCUT2D eigenvalue weighted by Gasteiger charge is 2.28. The molecule has 3 aromatic rings. The van der Waals surface area contributed by atoms with Crippen LogP contribution >= 0.6 is 0 Å². The average Bonchev–Trinajstić information content (AvgIpc) is 3.15. The Morgan fingerprint density at radius 1 is 1.08 bits per heavy atom. The third-order valence-corrected chi connectivity index (χ3v) is 4.77. The topological polar surface area (TPSA) is 26.5 Å². The van der Waals surface area contributed by atoms with E-state index in [4.69, 9.17) is 9.73 Å². The summed E-state index contributed by atoms with van der Waals surface area (Å²) in [5.74, 6) is 0.773. The molecule has 2 aromatic carbocycles. The lowest BCUT2D eigenvalue weighted by Gasteiger charge is -2.10. The molecule has 0 saturated carbocycles. The lowest BCUT2D eigenvalue weighted by Crippen LogP contribution is -2.17. The van der Waals surface area contributed by atoms with Gasteiger partial charge in [0.25, 0.3) is 0 Å². The van der Waals surface area contributed by atoms with E-state index in [1.54, 1.807) is 0 Å². The molecule has 1 aliphatic rings. The second-order valence-electron chi connectivity index (χ2n) is 7.32. The monoisotopic (exact) mass is 332 g/mol. The minimum Gasteiger partial charge on any atom is -0.475 e. The summed E-state index contributed by atoms with van der Waals surface area (Å²) in [6.07, 6.45) is 1.000. The molecule has 1 aromatic heterocycles. The van der Waals surface area contributed by atoms with Gasteiger partial charge in [-0.15, -0.1) is 0 Å². The van der Waals surface area contributed by atoms with E-state index >= 15 is 0 Å². The minimum atomic E-state index is -0.141. The predicted molar refractivity (Wildman–Crippen MR) is 103 cm³/mol. The molecule has 2 heterocycles. The molecule has 3 nitrogen and oxygen atoms in total. The summed E-state index contributed by atoms with van der Waals surface area (Å²) in [6, 6.07) is 19.3. The predicted octanol–water partition coefficient (Wildman–Crippen LogP) is 4.81. The van der Waals surface area contributed by atoms with Gasteiger partial charge in [0.05, 0.1) is 5.54 Å². The van der Waals surface area contributed by atoms with Gasteiger partial charge in [0.2, 0.25) is 5.90 Å². The number of ether oxygens (including phenoxy) is 1. The number of benzene rings is 2. The number of aliphatic imine (C=N–C) groups is 1. The van der Waals surface area contributed by atoms with Crippen molar-refractivity contribution in [1.29, 1.82) is 0 Å². The standard InChI is InChI=1S/C22H24N2O/c1-4-17-13-19-18(21-23-22(2,3)15-25-21)11-8-12-20(19)24(17)14-16-9-6-5-7-10-16/h5-13H,4,14-15H2,1-3H3. The van der Waals surface area contributed by atoms with Crippen molar-refractivity contribution < 1.29 is 4.74 Å². The zero-order valence-electron chi connectivity index (χ0n) is 15.1. The summed E-state index contributed by atoms with van der Waals surface area (Å²) in [5.41, 5.74) is 4.86. The number of fused-ring (bicyclic) bond motifs is 1. The van der Waals surface area contributed by atoms with E-state index < -0.39 is 0 Å². The Morgan fingerprint density at radius 3 is 2.56 bits per heavy atom. The SMILES string of the molecule is CCc1cc2c(C3=NC(C)(C)CO3)cccc2n1Cc1ccccc1. The fraction of sp³-hybridized carbons (Fsp3) is 0.318. The van der Waals surface area contributed by atoms with Crippen LogP contribution in [0.3, 0.4) is 0 Å². The van der Waals surface area contributed by atoms with Crippen LogP contribution in [0.25, 0.3) is 10.9 Å². The van der Waals surface area contributed by atoms with Crippen LogP contribution in [0.1, 0.15) is 37.6 Å². The van der Waals surface area contributed by atoms with E-state index in [0.717, 1.165) is 24.4 Å². The molecule has 0 N–H and O–H groups in total. The number of hydrogen-bond acceptors (Lipinski definition) is 2. The highest BCUT2D eigenvalue weighted by Crippen LogP contribution is 2.29. The van der Waals surface area contributed by atoms with Crippen LogP contribution in [0, 0.1) is 0 Å². The van der Waals surface area contributed by atoms with E-state index in [1.807, 2.05) is 0 Å². The minimum absolute atomic E-state index is 0.141. The Bertz CT molecular complexity index is 935. The van der Waals surface area contributed by atoms with Crippen LogP contribution in [0.2, 0.25) is 0 Å². The molecule has 0 fully saturated rings. The first-order valence-electron chi connectivity index (χ1n) is 8.95. The molecular formula is C22H24N2O. The van der Waals surface area contributed by atoms with E-state index in [1.165, 1.54) is 22.2 Å². The molecule has 128 valence electrons. The molecule has 0 aliphatic carbocycles. The molecular weight excluding hydrogens is 308 g/mol. The molecule has 0 saturated heterocycles. The van der Waals surface area contributed by atoms with Crippen molar-refractivity contribution in [3.63, 3.8) is 0 Å². The average molecular weight is 332 g/mol. The summed E-state index contributed by atoms with van der Waals surface area (Å²) < 4.78 is 8.32. The maximum Gasteiger partial charge on any atom is 0.217 e. The third kappa shape index (κ3) is 2.95. The van der Waals surface area contributed by atoms with Gasteiger partial charge in [-0.3, -0.25) is 0 Å². The smallest absolute Gasteiger partial charge is 0.217 e. The number of nitrogens with zero attached hydrogens (tertiary/aromatic N) is 2. The molecule has 0 radical (unpaired) electrons. The molecule has 0 bridgehead atoms. The summed E-state index contributed by atoms with van der Waals surface area (Å²) in [6.45, 7) is 7.96. The van der Waals surface area contributed by atoms with Crippen LogP contribution in [0.4, 0.5) is 0 Å². The lowest BCUT2D eigenvalue weighted by molar-refractivity contribution is 0.279.